The smallest absolute Gasteiger partial charge is 0.0595 e. The predicted molar refractivity (Wildman–Crippen MR) is 84.7 cm³/mol. The molecule has 19 heavy (non-hydrogen) atoms. The summed E-state index contributed by atoms with van der Waals surface area (Å²) in [7, 11) is 0. The molecule has 108 valence electrons. The lowest BCUT2D eigenvalue weighted by Crippen LogP contribution is -2.45. The minimum Gasteiger partial charge on any atom is -0.326 e. The van der Waals surface area contributed by atoms with Crippen molar-refractivity contribution in [3.8, 4) is 0 Å². The lowest BCUT2D eigenvalue weighted by Gasteiger charge is -2.41. The lowest BCUT2D eigenvalue weighted by molar-refractivity contribution is 0.0990. The van der Waals surface area contributed by atoms with E-state index in [0.717, 1.165) is 12.6 Å². The molecule has 1 saturated carbocycles. The molecule has 0 aliphatic heterocycles. The Morgan fingerprint density at radius 3 is 2.53 bits per heavy atom. The van der Waals surface area contributed by atoms with Gasteiger partial charge in [-0.3, -0.25) is 4.90 Å². The van der Waals surface area contributed by atoms with Gasteiger partial charge in [-0.1, -0.05) is 26.2 Å². The van der Waals surface area contributed by atoms with Crippen LogP contribution in [0.1, 0.15) is 62.4 Å². The molecule has 2 atom stereocenters. The maximum absolute atomic E-state index is 6.34. The highest BCUT2D eigenvalue weighted by atomic mass is 32.1. The molecule has 0 amide bonds. The molecule has 2 N–H and O–H groups in total. The highest BCUT2D eigenvalue weighted by Gasteiger charge is 2.31. The molecule has 1 aromatic heterocycles. The van der Waals surface area contributed by atoms with E-state index in [1.165, 1.54) is 42.5 Å². The molecule has 1 aromatic rings. The first-order valence-electron chi connectivity index (χ1n) is 7.70. The number of hydrogen-bond acceptors (Lipinski definition) is 3. The molecule has 0 spiro atoms. The fraction of sp³-hybridized carbons (Fsp3) is 0.750. The van der Waals surface area contributed by atoms with Crippen LogP contribution in [0.4, 0.5) is 0 Å². The number of nitrogens with zero attached hydrogens (tertiary/aromatic N) is 1. The van der Waals surface area contributed by atoms with Gasteiger partial charge in [-0.25, -0.2) is 0 Å². The van der Waals surface area contributed by atoms with Gasteiger partial charge in [0.25, 0.3) is 0 Å². The fourth-order valence-corrected chi connectivity index (χ4v) is 4.64. The molecular weight excluding hydrogens is 252 g/mol. The van der Waals surface area contributed by atoms with Crippen LogP contribution < -0.4 is 5.73 Å². The molecular formula is C16H28N2S. The minimum absolute atomic E-state index is 0.194. The Morgan fingerprint density at radius 2 is 2.05 bits per heavy atom. The molecule has 1 aliphatic rings. The molecule has 0 aromatic carbocycles. The van der Waals surface area contributed by atoms with E-state index in [4.69, 9.17) is 5.73 Å². The van der Waals surface area contributed by atoms with Gasteiger partial charge in [-0.05, 0) is 50.2 Å². The SMILES string of the molecule is CCN(C1CCCCC1)C(c1sccc1C)C(C)N. The Kier molecular flexibility index (Phi) is 5.43. The van der Waals surface area contributed by atoms with E-state index in [0.29, 0.717) is 6.04 Å². The third-order valence-electron chi connectivity index (χ3n) is 4.43. The normalized spacial score (nSPS) is 20.7. The Morgan fingerprint density at radius 1 is 1.37 bits per heavy atom. The van der Waals surface area contributed by atoms with E-state index in [1.54, 1.807) is 0 Å². The van der Waals surface area contributed by atoms with Gasteiger partial charge in [0.15, 0.2) is 0 Å². The van der Waals surface area contributed by atoms with Gasteiger partial charge in [-0.2, -0.15) is 0 Å². The van der Waals surface area contributed by atoms with Crippen molar-refractivity contribution in [2.45, 2.75) is 71.0 Å². The van der Waals surface area contributed by atoms with Crippen LogP contribution in [0.25, 0.3) is 0 Å². The van der Waals surface area contributed by atoms with Gasteiger partial charge in [0, 0.05) is 17.0 Å². The van der Waals surface area contributed by atoms with Crippen LogP contribution in [0.5, 0.6) is 0 Å². The highest BCUT2D eigenvalue weighted by molar-refractivity contribution is 7.10. The van der Waals surface area contributed by atoms with Crippen LogP contribution in [-0.4, -0.2) is 23.5 Å². The molecule has 0 saturated heterocycles. The number of hydrogen-bond donors (Lipinski definition) is 1. The molecule has 2 nitrogen and oxygen atoms in total. The first-order chi connectivity index (χ1) is 9.15. The van der Waals surface area contributed by atoms with E-state index in [1.807, 2.05) is 11.3 Å². The Balaban J connectivity index is 2.23. The van der Waals surface area contributed by atoms with Gasteiger partial charge >= 0.3 is 0 Å². The van der Waals surface area contributed by atoms with Crippen LogP contribution in [0.3, 0.4) is 0 Å². The molecule has 0 bridgehead atoms. The standard InChI is InChI=1S/C16H28N2S/c1-4-18(14-8-6-5-7-9-14)15(13(3)17)16-12(2)10-11-19-16/h10-11,13-15H,4-9,17H2,1-3H3. The molecule has 1 fully saturated rings. The summed E-state index contributed by atoms with van der Waals surface area (Å²) in [6.07, 6.45) is 6.88. The van der Waals surface area contributed by atoms with Crippen molar-refractivity contribution in [2.24, 2.45) is 5.73 Å². The van der Waals surface area contributed by atoms with Gasteiger partial charge in [0.2, 0.25) is 0 Å². The first kappa shape index (κ1) is 15.0. The first-order valence-corrected chi connectivity index (χ1v) is 8.58. The Labute approximate surface area is 122 Å². The third kappa shape index (κ3) is 3.39. The van der Waals surface area contributed by atoms with E-state index >= 15 is 0 Å². The van der Waals surface area contributed by atoms with Crippen molar-refractivity contribution in [3.05, 3.63) is 21.9 Å². The zero-order valence-electron chi connectivity index (χ0n) is 12.6. The Hall–Kier alpha value is -0.380. The third-order valence-corrected chi connectivity index (χ3v) is 5.52. The number of aryl methyl sites for hydroxylation is 1. The van der Waals surface area contributed by atoms with Crippen LogP contribution in [0.2, 0.25) is 0 Å². The van der Waals surface area contributed by atoms with Crippen molar-refractivity contribution in [1.29, 1.82) is 0 Å². The lowest BCUT2D eigenvalue weighted by atomic mass is 9.91. The van der Waals surface area contributed by atoms with Crippen LogP contribution in [0.15, 0.2) is 11.4 Å². The Bertz CT molecular complexity index is 380. The maximum atomic E-state index is 6.34. The van der Waals surface area contributed by atoms with Crippen molar-refractivity contribution in [1.82, 2.24) is 4.90 Å². The zero-order valence-corrected chi connectivity index (χ0v) is 13.4. The molecule has 0 radical (unpaired) electrons. The van der Waals surface area contributed by atoms with Crippen molar-refractivity contribution in [3.63, 3.8) is 0 Å². The molecule has 2 rings (SSSR count). The van der Waals surface area contributed by atoms with Crippen molar-refractivity contribution in [2.75, 3.05) is 6.54 Å². The topological polar surface area (TPSA) is 29.3 Å². The molecule has 1 heterocycles. The van der Waals surface area contributed by atoms with Crippen LogP contribution in [-0.2, 0) is 0 Å². The quantitative estimate of drug-likeness (QED) is 0.880. The monoisotopic (exact) mass is 280 g/mol. The second kappa shape index (κ2) is 6.87. The van der Waals surface area contributed by atoms with E-state index in [2.05, 4.69) is 37.1 Å². The average Bonchev–Trinajstić information content (AvgIpc) is 2.82. The summed E-state index contributed by atoms with van der Waals surface area (Å²) in [4.78, 5) is 4.14. The second-order valence-electron chi connectivity index (χ2n) is 5.89. The fourth-order valence-electron chi connectivity index (χ4n) is 3.47. The summed E-state index contributed by atoms with van der Waals surface area (Å²) in [6.45, 7) is 7.77. The summed E-state index contributed by atoms with van der Waals surface area (Å²) in [5.74, 6) is 0. The summed E-state index contributed by atoms with van der Waals surface area (Å²) in [5.41, 5.74) is 7.75. The van der Waals surface area contributed by atoms with Crippen LogP contribution >= 0.6 is 11.3 Å². The van der Waals surface area contributed by atoms with Gasteiger partial charge < -0.3 is 5.73 Å². The largest absolute Gasteiger partial charge is 0.326 e. The van der Waals surface area contributed by atoms with E-state index in [9.17, 15) is 0 Å². The summed E-state index contributed by atoms with van der Waals surface area (Å²) in [6, 6.07) is 3.55. The minimum atomic E-state index is 0.194. The van der Waals surface area contributed by atoms with Crippen LogP contribution in [0, 0.1) is 6.92 Å². The van der Waals surface area contributed by atoms with Gasteiger partial charge in [0.05, 0.1) is 6.04 Å². The van der Waals surface area contributed by atoms with Gasteiger partial charge in [-0.15, -0.1) is 11.3 Å². The molecule has 2 unspecified atom stereocenters. The molecule has 3 heteroatoms. The summed E-state index contributed by atoms with van der Waals surface area (Å²) < 4.78 is 0. The van der Waals surface area contributed by atoms with Crippen molar-refractivity contribution >= 4 is 11.3 Å². The number of rotatable bonds is 5. The van der Waals surface area contributed by atoms with E-state index in [-0.39, 0.29) is 6.04 Å². The van der Waals surface area contributed by atoms with E-state index < -0.39 is 0 Å². The maximum Gasteiger partial charge on any atom is 0.0595 e. The zero-order chi connectivity index (χ0) is 13.8. The molecule has 1 aliphatic carbocycles. The van der Waals surface area contributed by atoms with Crippen molar-refractivity contribution < 1.29 is 0 Å². The average molecular weight is 280 g/mol. The number of thiophene rings is 1. The highest BCUT2D eigenvalue weighted by Crippen LogP contribution is 2.35. The summed E-state index contributed by atoms with van der Waals surface area (Å²) in [5, 5.41) is 2.20. The second-order valence-corrected chi connectivity index (χ2v) is 6.84. The predicted octanol–water partition coefficient (Wildman–Crippen LogP) is 4.10. The number of likely N-dealkylation sites (N-methyl/N-ethyl adjacent to an activating group) is 1. The summed E-state index contributed by atoms with van der Waals surface area (Å²) >= 11 is 1.87. The number of nitrogens with two attached hydrogens (primary N) is 1. The van der Waals surface area contributed by atoms with Gasteiger partial charge in [0.1, 0.15) is 0 Å².